The SMILES string of the molecule is CN1CCN(c2cccc(-c3cn[nH]c3N)c2)CC1.Cc1nc2c(-c3cccc(N4CCN(C)CC4)c3)cnn2c(N)c1-c1cccc(Cl)c1. The number of nitrogens with one attached hydrogen (secondary N) is 1. The molecule has 0 unspecified atom stereocenters. The number of nitrogens with two attached hydrogens (primary N) is 2. The van der Waals surface area contributed by atoms with Crippen LogP contribution in [0, 0.1) is 6.92 Å². The van der Waals surface area contributed by atoms with E-state index in [2.05, 4.69) is 97.5 Å². The van der Waals surface area contributed by atoms with E-state index >= 15 is 0 Å². The fraction of sp³-hybridized carbons (Fsp3) is 0.289. The zero-order valence-corrected chi connectivity index (χ0v) is 29.6. The minimum Gasteiger partial charge on any atom is -0.384 e. The Morgan fingerprint density at radius 1 is 0.680 bits per heavy atom. The lowest BCUT2D eigenvalue weighted by atomic mass is 10.0. The molecule has 0 aliphatic carbocycles. The van der Waals surface area contributed by atoms with Crippen LogP contribution >= 0.6 is 11.6 Å². The van der Waals surface area contributed by atoms with Crippen molar-refractivity contribution in [3.63, 3.8) is 0 Å². The highest BCUT2D eigenvalue weighted by molar-refractivity contribution is 6.30. The second kappa shape index (κ2) is 14.4. The molecule has 0 atom stereocenters. The molecule has 0 spiro atoms. The first kappa shape index (κ1) is 33.4. The number of hydrogen-bond acceptors (Lipinski definition) is 9. The summed E-state index contributed by atoms with van der Waals surface area (Å²) in [6.45, 7) is 10.5. The number of benzene rings is 3. The lowest BCUT2D eigenvalue weighted by Crippen LogP contribution is -2.44. The number of piperazine rings is 2. The normalized spacial score (nSPS) is 15.7. The van der Waals surface area contributed by atoms with E-state index in [4.69, 9.17) is 28.1 Å². The number of aromatic nitrogens is 5. The van der Waals surface area contributed by atoms with Gasteiger partial charge >= 0.3 is 0 Å². The summed E-state index contributed by atoms with van der Waals surface area (Å²) in [5, 5.41) is 12.0. The molecule has 3 aromatic carbocycles. The molecule has 0 radical (unpaired) electrons. The van der Waals surface area contributed by atoms with Crippen LogP contribution in [-0.4, -0.2) is 101 Å². The van der Waals surface area contributed by atoms with Crippen LogP contribution in [0.25, 0.3) is 39.0 Å². The van der Waals surface area contributed by atoms with Gasteiger partial charge in [-0.25, -0.2) is 4.98 Å². The highest BCUT2D eigenvalue weighted by atomic mass is 35.5. The molecule has 2 saturated heterocycles. The molecule has 0 bridgehead atoms. The monoisotopic (exact) mass is 689 g/mol. The first-order valence-corrected chi connectivity index (χ1v) is 17.4. The maximum Gasteiger partial charge on any atom is 0.165 e. The molecule has 2 aliphatic heterocycles. The molecule has 0 amide bonds. The number of nitrogen functional groups attached to an aromatic ring is 2. The van der Waals surface area contributed by atoms with Crippen molar-refractivity contribution >= 4 is 40.3 Å². The fourth-order valence-corrected chi connectivity index (χ4v) is 6.92. The number of rotatable bonds is 5. The van der Waals surface area contributed by atoms with Crippen LogP contribution in [-0.2, 0) is 0 Å². The third-order valence-corrected chi connectivity index (χ3v) is 9.93. The minimum absolute atomic E-state index is 0.561. The van der Waals surface area contributed by atoms with Gasteiger partial charge in [0.05, 0.1) is 18.1 Å². The zero-order valence-electron chi connectivity index (χ0n) is 28.9. The number of halogens is 1. The van der Waals surface area contributed by atoms with E-state index in [-0.39, 0.29) is 0 Å². The van der Waals surface area contributed by atoms with E-state index < -0.39 is 0 Å². The molecule has 258 valence electrons. The summed E-state index contributed by atoms with van der Waals surface area (Å²) in [4.78, 5) is 14.4. The van der Waals surface area contributed by atoms with Crippen molar-refractivity contribution < 1.29 is 0 Å². The third kappa shape index (κ3) is 6.98. The molecule has 11 nitrogen and oxygen atoms in total. The summed E-state index contributed by atoms with van der Waals surface area (Å²) in [6, 6.07) is 24.7. The Bertz CT molecular complexity index is 2090. The van der Waals surface area contributed by atoms with Gasteiger partial charge in [-0.15, -0.1) is 0 Å². The molecular weight excluding hydrogens is 646 g/mol. The molecule has 50 heavy (non-hydrogen) atoms. The van der Waals surface area contributed by atoms with E-state index in [9.17, 15) is 0 Å². The molecule has 5 heterocycles. The summed E-state index contributed by atoms with van der Waals surface area (Å²) < 4.78 is 1.72. The van der Waals surface area contributed by atoms with Gasteiger partial charge in [-0.1, -0.05) is 48.0 Å². The number of aryl methyl sites for hydroxylation is 1. The molecule has 8 rings (SSSR count). The van der Waals surface area contributed by atoms with Crippen molar-refractivity contribution in [1.82, 2.24) is 34.6 Å². The summed E-state index contributed by atoms with van der Waals surface area (Å²) >= 11 is 6.20. The predicted octanol–water partition coefficient (Wildman–Crippen LogP) is 5.77. The number of anilines is 4. The molecule has 0 saturated carbocycles. The van der Waals surface area contributed by atoms with Crippen molar-refractivity contribution in [2.75, 3.05) is 87.7 Å². The summed E-state index contributed by atoms with van der Waals surface area (Å²) in [5.41, 5.74) is 22.5. The second-order valence-electron chi connectivity index (χ2n) is 13.1. The Balaban J connectivity index is 0.000000176. The van der Waals surface area contributed by atoms with Crippen LogP contribution in [0.2, 0.25) is 5.02 Å². The van der Waals surface area contributed by atoms with Crippen LogP contribution in [0.1, 0.15) is 5.69 Å². The van der Waals surface area contributed by atoms with Crippen molar-refractivity contribution in [2.24, 2.45) is 0 Å². The molecule has 2 fully saturated rings. The number of aromatic amines is 1. The highest BCUT2D eigenvalue weighted by Gasteiger charge is 2.19. The Morgan fingerprint density at radius 2 is 1.24 bits per heavy atom. The smallest absolute Gasteiger partial charge is 0.165 e. The number of nitrogens with zero attached hydrogens (tertiary/aromatic N) is 8. The quantitative estimate of drug-likeness (QED) is 0.207. The van der Waals surface area contributed by atoms with Gasteiger partial charge < -0.3 is 31.1 Å². The Morgan fingerprint density at radius 3 is 1.80 bits per heavy atom. The predicted molar refractivity (Wildman–Crippen MR) is 206 cm³/mol. The lowest BCUT2D eigenvalue weighted by molar-refractivity contribution is 0.313. The highest BCUT2D eigenvalue weighted by Crippen LogP contribution is 2.35. The first-order chi connectivity index (χ1) is 24.2. The van der Waals surface area contributed by atoms with Crippen LogP contribution in [0.5, 0.6) is 0 Å². The van der Waals surface area contributed by atoms with Crippen LogP contribution in [0.3, 0.4) is 0 Å². The maximum absolute atomic E-state index is 6.56. The number of fused-ring (bicyclic) bond motifs is 1. The molecule has 5 N–H and O–H groups in total. The number of likely N-dealkylation sites (N-methyl/N-ethyl adjacent to an activating group) is 2. The second-order valence-corrected chi connectivity index (χ2v) is 13.6. The summed E-state index contributed by atoms with van der Waals surface area (Å²) in [5.74, 6) is 1.18. The van der Waals surface area contributed by atoms with E-state index in [0.717, 1.165) is 97.1 Å². The largest absolute Gasteiger partial charge is 0.384 e. The summed E-state index contributed by atoms with van der Waals surface area (Å²) in [7, 11) is 4.34. The topological polar surface area (TPSA) is 124 Å². The van der Waals surface area contributed by atoms with Gasteiger partial charge in [0.1, 0.15) is 11.6 Å². The van der Waals surface area contributed by atoms with Gasteiger partial charge in [0.15, 0.2) is 5.65 Å². The molecule has 12 heteroatoms. The Labute approximate surface area is 298 Å². The van der Waals surface area contributed by atoms with Crippen LogP contribution in [0.4, 0.5) is 23.0 Å². The number of H-pyrrole nitrogens is 1. The molecule has 6 aromatic rings. The van der Waals surface area contributed by atoms with Crippen LogP contribution < -0.4 is 21.3 Å². The minimum atomic E-state index is 0.561. The van der Waals surface area contributed by atoms with E-state index in [0.29, 0.717) is 16.7 Å². The van der Waals surface area contributed by atoms with Crippen molar-refractivity contribution in [2.45, 2.75) is 6.92 Å². The average molecular weight is 690 g/mol. The van der Waals surface area contributed by atoms with Gasteiger partial charge in [0, 0.05) is 85.4 Å². The standard InChI is InChI=1S/C24H25ClN6.C14H19N5/c1-16-22(18-6-3-7-19(25)13-18)23(26)31-24(28-16)21(15-27-31)17-5-4-8-20(14-17)30-11-9-29(2)10-12-30;1-18-5-7-19(8-6-18)12-4-2-3-11(9-12)13-10-16-17-14(13)15/h3-8,13-15H,9-12,26H2,1-2H3;2-4,9-10H,5-8H2,1H3,(H3,15,16,17). The van der Waals surface area contributed by atoms with Gasteiger partial charge in [-0.2, -0.15) is 14.7 Å². The van der Waals surface area contributed by atoms with Crippen molar-refractivity contribution in [3.8, 4) is 33.4 Å². The van der Waals surface area contributed by atoms with E-state index in [1.165, 1.54) is 11.4 Å². The molecule has 2 aliphatic rings. The zero-order chi connectivity index (χ0) is 34.8. The Kier molecular flexibility index (Phi) is 9.62. The van der Waals surface area contributed by atoms with Gasteiger partial charge in [-0.3, -0.25) is 5.10 Å². The maximum atomic E-state index is 6.56. The lowest BCUT2D eigenvalue weighted by Gasteiger charge is -2.34. The van der Waals surface area contributed by atoms with Crippen molar-refractivity contribution in [3.05, 3.63) is 95.9 Å². The van der Waals surface area contributed by atoms with E-state index in [1.54, 1.807) is 10.7 Å². The van der Waals surface area contributed by atoms with Crippen molar-refractivity contribution in [1.29, 1.82) is 0 Å². The van der Waals surface area contributed by atoms with Gasteiger partial charge in [0.25, 0.3) is 0 Å². The van der Waals surface area contributed by atoms with E-state index in [1.807, 2.05) is 37.4 Å². The molecule has 3 aromatic heterocycles. The van der Waals surface area contributed by atoms with Gasteiger partial charge in [-0.05, 0) is 74.1 Å². The first-order valence-electron chi connectivity index (χ1n) is 17.0. The Hall–Kier alpha value is -5.10. The average Bonchev–Trinajstić information content (AvgIpc) is 3.76. The molecular formula is C38H44ClN11. The summed E-state index contributed by atoms with van der Waals surface area (Å²) in [6.07, 6.45) is 3.63. The fourth-order valence-electron chi connectivity index (χ4n) is 6.73. The van der Waals surface area contributed by atoms with Crippen LogP contribution in [0.15, 0.2) is 85.2 Å². The number of hydrogen-bond donors (Lipinski definition) is 3. The van der Waals surface area contributed by atoms with Gasteiger partial charge in [0.2, 0.25) is 0 Å². The third-order valence-electron chi connectivity index (χ3n) is 9.70.